The lowest BCUT2D eigenvalue weighted by atomic mass is 10.2. The molecule has 0 unspecified atom stereocenters. The van der Waals surface area contributed by atoms with Crippen molar-refractivity contribution in [2.24, 2.45) is 0 Å². The number of benzene rings is 1. The van der Waals surface area contributed by atoms with Crippen molar-refractivity contribution in [3.8, 4) is 11.4 Å². The molecule has 0 atom stereocenters. The summed E-state index contributed by atoms with van der Waals surface area (Å²) in [6.45, 7) is 0. The molecule has 1 aromatic carbocycles. The minimum Gasteiger partial charge on any atom is -0.366 e. The Morgan fingerprint density at radius 1 is 1.33 bits per heavy atom. The van der Waals surface area contributed by atoms with Crippen LogP contribution in [0.25, 0.3) is 11.4 Å². The molecule has 2 aromatic rings. The first-order valence-corrected chi connectivity index (χ1v) is 5.18. The molecule has 0 bridgehead atoms. The smallest absolute Gasteiger partial charge is 0.241 e. The van der Waals surface area contributed by atoms with Crippen LogP contribution in [-0.4, -0.2) is 14.9 Å². The number of aromatic nitrogens is 3. The van der Waals surface area contributed by atoms with Gasteiger partial charge in [-0.3, -0.25) is 0 Å². The third-order valence-electron chi connectivity index (χ3n) is 1.91. The Morgan fingerprint density at radius 2 is 2.07 bits per heavy atom. The van der Waals surface area contributed by atoms with Gasteiger partial charge in [0, 0.05) is 10.0 Å². The first-order valence-electron chi connectivity index (χ1n) is 4.01. The van der Waals surface area contributed by atoms with Gasteiger partial charge in [-0.05, 0) is 28.1 Å². The average Bonchev–Trinajstić information content (AvgIpc) is 2.53. The molecule has 0 fully saturated rings. The van der Waals surface area contributed by atoms with Crippen molar-refractivity contribution in [3.63, 3.8) is 0 Å². The number of nitrogens with two attached hydrogens (primary N) is 2. The number of nitrogen functional groups attached to an aromatic ring is 2. The van der Waals surface area contributed by atoms with Crippen molar-refractivity contribution in [3.05, 3.63) is 27.7 Å². The first-order chi connectivity index (χ1) is 7.11. The Labute approximate surface area is 99.1 Å². The standard InChI is InChI=1S/C8H7BrClN5/c9-5-3-1-2-4(6(5)10)7-13-14-8(11)15(7)12/h1-3H,12H2,(H2,11,14). The van der Waals surface area contributed by atoms with Gasteiger partial charge >= 0.3 is 0 Å². The highest BCUT2D eigenvalue weighted by molar-refractivity contribution is 9.10. The molecule has 0 spiro atoms. The molecule has 0 aliphatic heterocycles. The lowest BCUT2D eigenvalue weighted by molar-refractivity contribution is 1.02. The Hall–Kier alpha value is -1.27. The molecular formula is C8H7BrClN5. The van der Waals surface area contributed by atoms with E-state index in [1.165, 1.54) is 4.68 Å². The summed E-state index contributed by atoms with van der Waals surface area (Å²) in [4.78, 5) is 0. The third kappa shape index (κ3) is 1.66. The number of rotatable bonds is 1. The van der Waals surface area contributed by atoms with Crippen LogP contribution < -0.4 is 11.6 Å². The van der Waals surface area contributed by atoms with E-state index < -0.39 is 0 Å². The molecule has 2 rings (SSSR count). The van der Waals surface area contributed by atoms with Crippen molar-refractivity contribution in [2.45, 2.75) is 0 Å². The van der Waals surface area contributed by atoms with Crippen molar-refractivity contribution in [1.82, 2.24) is 14.9 Å². The lowest BCUT2D eigenvalue weighted by Crippen LogP contribution is -2.13. The molecular weight excluding hydrogens is 281 g/mol. The molecule has 0 amide bonds. The summed E-state index contributed by atoms with van der Waals surface area (Å²) < 4.78 is 1.96. The minimum absolute atomic E-state index is 0.140. The van der Waals surface area contributed by atoms with Gasteiger partial charge in [-0.2, -0.15) is 0 Å². The van der Waals surface area contributed by atoms with E-state index in [9.17, 15) is 0 Å². The normalized spacial score (nSPS) is 10.5. The largest absolute Gasteiger partial charge is 0.366 e. The van der Waals surface area contributed by atoms with E-state index in [2.05, 4.69) is 26.1 Å². The fraction of sp³-hybridized carbons (Fsp3) is 0. The van der Waals surface area contributed by atoms with E-state index >= 15 is 0 Å². The topological polar surface area (TPSA) is 82.8 Å². The van der Waals surface area contributed by atoms with Crippen LogP contribution in [0, 0.1) is 0 Å². The van der Waals surface area contributed by atoms with E-state index in [0.717, 1.165) is 4.47 Å². The van der Waals surface area contributed by atoms with E-state index in [1.807, 2.05) is 12.1 Å². The first kappa shape index (κ1) is 10.3. The monoisotopic (exact) mass is 287 g/mol. The van der Waals surface area contributed by atoms with Crippen LogP contribution in [0.4, 0.5) is 5.95 Å². The molecule has 5 nitrogen and oxygen atoms in total. The zero-order valence-corrected chi connectivity index (χ0v) is 9.83. The van der Waals surface area contributed by atoms with Gasteiger partial charge in [0.1, 0.15) is 0 Å². The summed E-state index contributed by atoms with van der Waals surface area (Å²) in [6.07, 6.45) is 0. The predicted molar refractivity (Wildman–Crippen MR) is 62.7 cm³/mol. The van der Waals surface area contributed by atoms with E-state index in [0.29, 0.717) is 16.4 Å². The maximum absolute atomic E-state index is 6.08. The van der Waals surface area contributed by atoms with Gasteiger partial charge in [0.2, 0.25) is 5.95 Å². The maximum Gasteiger partial charge on any atom is 0.241 e. The van der Waals surface area contributed by atoms with Gasteiger partial charge < -0.3 is 11.6 Å². The Bertz CT molecular complexity index is 510. The third-order valence-corrected chi connectivity index (χ3v) is 3.21. The summed E-state index contributed by atoms with van der Waals surface area (Å²) >= 11 is 9.40. The second kappa shape index (κ2) is 3.71. The van der Waals surface area contributed by atoms with Crippen molar-refractivity contribution < 1.29 is 0 Å². The molecule has 78 valence electrons. The quantitative estimate of drug-likeness (QED) is 0.782. The Balaban J connectivity index is 2.64. The summed E-state index contributed by atoms with van der Waals surface area (Å²) in [5.41, 5.74) is 6.15. The molecule has 0 aliphatic rings. The number of hydrogen-bond donors (Lipinski definition) is 2. The Kier molecular flexibility index (Phi) is 2.54. The number of anilines is 1. The van der Waals surface area contributed by atoms with Crippen LogP contribution in [-0.2, 0) is 0 Å². The molecule has 1 aromatic heterocycles. The maximum atomic E-state index is 6.08. The fourth-order valence-corrected chi connectivity index (χ4v) is 1.74. The van der Waals surface area contributed by atoms with Crippen molar-refractivity contribution >= 4 is 33.5 Å². The van der Waals surface area contributed by atoms with Gasteiger partial charge in [-0.25, -0.2) is 4.68 Å². The highest BCUT2D eigenvalue weighted by atomic mass is 79.9. The molecule has 15 heavy (non-hydrogen) atoms. The summed E-state index contributed by atoms with van der Waals surface area (Å²) in [6, 6.07) is 5.45. The highest BCUT2D eigenvalue weighted by Gasteiger charge is 2.13. The lowest BCUT2D eigenvalue weighted by Gasteiger charge is -2.04. The molecule has 0 saturated heterocycles. The van der Waals surface area contributed by atoms with Crippen LogP contribution in [0.15, 0.2) is 22.7 Å². The second-order valence-electron chi connectivity index (χ2n) is 2.85. The fourth-order valence-electron chi connectivity index (χ4n) is 1.16. The molecule has 0 saturated carbocycles. The van der Waals surface area contributed by atoms with Gasteiger partial charge in [0.25, 0.3) is 0 Å². The zero-order chi connectivity index (χ0) is 11.0. The van der Waals surface area contributed by atoms with Crippen LogP contribution in [0.3, 0.4) is 0 Å². The predicted octanol–water partition coefficient (Wildman–Crippen LogP) is 1.66. The van der Waals surface area contributed by atoms with E-state index in [-0.39, 0.29) is 5.95 Å². The molecule has 7 heteroatoms. The van der Waals surface area contributed by atoms with Crippen LogP contribution in [0.2, 0.25) is 5.02 Å². The number of nitrogens with zero attached hydrogens (tertiary/aromatic N) is 3. The Morgan fingerprint density at radius 3 is 2.67 bits per heavy atom. The number of halogens is 2. The van der Waals surface area contributed by atoms with Crippen molar-refractivity contribution in [2.75, 3.05) is 11.6 Å². The van der Waals surface area contributed by atoms with Crippen LogP contribution >= 0.6 is 27.5 Å². The van der Waals surface area contributed by atoms with Gasteiger partial charge in [-0.15, -0.1) is 10.2 Å². The zero-order valence-electron chi connectivity index (χ0n) is 7.48. The molecule has 0 aliphatic carbocycles. The van der Waals surface area contributed by atoms with E-state index in [4.69, 9.17) is 23.2 Å². The molecule has 0 radical (unpaired) electrons. The minimum atomic E-state index is 0.140. The second-order valence-corrected chi connectivity index (χ2v) is 4.09. The summed E-state index contributed by atoms with van der Waals surface area (Å²) in [5, 5.41) is 8.02. The average molecular weight is 289 g/mol. The highest BCUT2D eigenvalue weighted by Crippen LogP contribution is 2.32. The SMILES string of the molecule is Nc1nnc(-c2cccc(Br)c2Cl)n1N. The molecule has 1 heterocycles. The number of hydrogen-bond acceptors (Lipinski definition) is 4. The van der Waals surface area contributed by atoms with Crippen LogP contribution in [0.1, 0.15) is 0 Å². The van der Waals surface area contributed by atoms with Gasteiger partial charge in [-0.1, -0.05) is 17.7 Å². The van der Waals surface area contributed by atoms with Gasteiger partial charge in [0.15, 0.2) is 5.82 Å². The van der Waals surface area contributed by atoms with Crippen molar-refractivity contribution in [1.29, 1.82) is 0 Å². The van der Waals surface area contributed by atoms with Gasteiger partial charge in [0.05, 0.1) is 5.02 Å². The van der Waals surface area contributed by atoms with E-state index in [1.54, 1.807) is 6.07 Å². The summed E-state index contributed by atoms with van der Waals surface area (Å²) in [5.74, 6) is 6.22. The molecule has 4 N–H and O–H groups in total. The van der Waals surface area contributed by atoms with Crippen LogP contribution in [0.5, 0.6) is 0 Å². The summed E-state index contributed by atoms with van der Waals surface area (Å²) in [7, 11) is 0.